The molecule has 0 spiro atoms. The van der Waals surface area contributed by atoms with Gasteiger partial charge in [-0.2, -0.15) is 5.10 Å². The highest BCUT2D eigenvalue weighted by Crippen LogP contribution is 2.45. The van der Waals surface area contributed by atoms with Crippen LogP contribution in [0, 0.1) is 0 Å². The summed E-state index contributed by atoms with van der Waals surface area (Å²) in [6.45, 7) is 0.469. The minimum absolute atomic E-state index is 0.0999. The van der Waals surface area contributed by atoms with E-state index in [1.807, 2.05) is 4.68 Å². The maximum Gasteiger partial charge on any atom is 0.305 e. The maximum atomic E-state index is 10.7. The minimum atomic E-state index is -0.771. The summed E-state index contributed by atoms with van der Waals surface area (Å²) in [7, 11) is 0. The van der Waals surface area contributed by atoms with Gasteiger partial charge in [0.2, 0.25) is 0 Å². The van der Waals surface area contributed by atoms with E-state index in [2.05, 4.69) is 5.10 Å². The zero-order valence-electron chi connectivity index (χ0n) is 10.4. The molecule has 0 radical (unpaired) electrons. The quantitative estimate of drug-likeness (QED) is 0.848. The van der Waals surface area contributed by atoms with Crippen molar-refractivity contribution in [3.63, 3.8) is 0 Å². The Morgan fingerprint density at radius 2 is 2.22 bits per heavy atom. The lowest BCUT2D eigenvalue weighted by Gasteiger charge is -2.20. The van der Waals surface area contributed by atoms with Gasteiger partial charge in [-0.05, 0) is 32.1 Å². The Balaban J connectivity index is 1.94. The topological polar surface area (TPSA) is 81.1 Å². The van der Waals surface area contributed by atoms with Crippen molar-refractivity contribution in [2.24, 2.45) is 5.73 Å². The zero-order valence-corrected chi connectivity index (χ0v) is 10.4. The second kappa shape index (κ2) is 4.39. The summed E-state index contributed by atoms with van der Waals surface area (Å²) in [5.41, 5.74) is 9.79. The molecular formula is C13H19N3O2. The Bertz CT molecular complexity index is 477. The first-order valence-electron chi connectivity index (χ1n) is 6.73. The van der Waals surface area contributed by atoms with Gasteiger partial charge in [-0.3, -0.25) is 9.48 Å². The number of hydrogen-bond donors (Lipinski definition) is 2. The van der Waals surface area contributed by atoms with Crippen molar-refractivity contribution < 1.29 is 9.90 Å². The van der Waals surface area contributed by atoms with Crippen LogP contribution in [0.3, 0.4) is 0 Å². The second-order valence-electron chi connectivity index (χ2n) is 5.39. The van der Waals surface area contributed by atoms with Gasteiger partial charge < -0.3 is 10.8 Å². The lowest BCUT2D eigenvalue weighted by atomic mass is 9.90. The molecule has 0 saturated heterocycles. The predicted octanol–water partition coefficient (Wildman–Crippen LogP) is 1.57. The molecule has 0 bridgehead atoms. The fourth-order valence-corrected chi connectivity index (χ4v) is 2.88. The number of nitrogens with zero attached hydrogens (tertiary/aromatic N) is 2. The third kappa shape index (κ3) is 2.03. The summed E-state index contributed by atoms with van der Waals surface area (Å²) < 4.78 is 1.90. The summed E-state index contributed by atoms with van der Waals surface area (Å²) in [5.74, 6) is -0.193. The molecule has 0 amide bonds. The molecule has 5 nitrogen and oxygen atoms in total. The van der Waals surface area contributed by atoms with Crippen LogP contribution < -0.4 is 5.73 Å². The van der Waals surface area contributed by atoms with E-state index >= 15 is 0 Å². The van der Waals surface area contributed by atoms with E-state index in [9.17, 15) is 4.79 Å². The van der Waals surface area contributed by atoms with Gasteiger partial charge in [-0.15, -0.1) is 0 Å². The van der Waals surface area contributed by atoms with Crippen LogP contribution in [0.5, 0.6) is 0 Å². The van der Waals surface area contributed by atoms with Crippen molar-refractivity contribution in [3.05, 3.63) is 17.0 Å². The molecule has 3 rings (SSSR count). The normalized spacial score (nSPS) is 22.8. The van der Waals surface area contributed by atoms with Crippen molar-refractivity contribution in [2.45, 2.75) is 57.0 Å². The Labute approximate surface area is 106 Å². The van der Waals surface area contributed by atoms with E-state index in [-0.39, 0.29) is 12.5 Å². The molecule has 1 aromatic rings. The van der Waals surface area contributed by atoms with Gasteiger partial charge in [0.15, 0.2) is 0 Å². The highest BCUT2D eigenvalue weighted by molar-refractivity contribution is 5.66. The Morgan fingerprint density at radius 3 is 2.89 bits per heavy atom. The van der Waals surface area contributed by atoms with Crippen molar-refractivity contribution in [3.8, 4) is 0 Å². The minimum Gasteiger partial charge on any atom is -0.481 e. The van der Waals surface area contributed by atoms with Crippen molar-refractivity contribution in [1.82, 2.24) is 9.78 Å². The van der Waals surface area contributed by atoms with Gasteiger partial charge in [0.25, 0.3) is 0 Å². The van der Waals surface area contributed by atoms with Crippen LogP contribution in [0.25, 0.3) is 0 Å². The first-order valence-corrected chi connectivity index (χ1v) is 6.73. The fraction of sp³-hybridized carbons (Fsp3) is 0.692. The predicted molar refractivity (Wildman–Crippen MR) is 66.3 cm³/mol. The molecule has 1 saturated carbocycles. The van der Waals surface area contributed by atoms with Crippen LogP contribution in [-0.2, 0) is 17.8 Å². The molecule has 2 aliphatic carbocycles. The monoisotopic (exact) mass is 249 g/mol. The number of aromatic nitrogens is 2. The zero-order chi connectivity index (χ0) is 12.7. The number of carboxylic acid groups (broad SMARTS) is 1. The molecule has 5 heteroatoms. The Hall–Kier alpha value is -1.36. The highest BCUT2D eigenvalue weighted by atomic mass is 16.4. The average molecular weight is 249 g/mol. The summed E-state index contributed by atoms with van der Waals surface area (Å²) in [5, 5.41) is 13.4. The number of hydrogen-bond acceptors (Lipinski definition) is 3. The van der Waals surface area contributed by atoms with Crippen LogP contribution in [-0.4, -0.2) is 20.9 Å². The van der Waals surface area contributed by atoms with Gasteiger partial charge in [0.1, 0.15) is 0 Å². The number of carbonyl (C=O) groups is 1. The van der Waals surface area contributed by atoms with Gasteiger partial charge >= 0.3 is 5.97 Å². The van der Waals surface area contributed by atoms with Gasteiger partial charge in [-0.25, -0.2) is 0 Å². The van der Waals surface area contributed by atoms with Crippen LogP contribution in [0.2, 0.25) is 0 Å². The van der Waals surface area contributed by atoms with Crippen LogP contribution in [0.15, 0.2) is 0 Å². The van der Waals surface area contributed by atoms with Crippen LogP contribution in [0.1, 0.15) is 61.0 Å². The van der Waals surface area contributed by atoms with Gasteiger partial charge in [-0.1, -0.05) is 0 Å². The van der Waals surface area contributed by atoms with E-state index in [0.29, 0.717) is 12.5 Å². The van der Waals surface area contributed by atoms with Crippen LogP contribution in [0.4, 0.5) is 0 Å². The molecule has 1 fully saturated rings. The molecule has 1 aromatic heterocycles. The van der Waals surface area contributed by atoms with E-state index in [4.69, 9.17) is 10.8 Å². The number of aliphatic carboxylic acids is 1. The van der Waals surface area contributed by atoms with E-state index in [0.717, 1.165) is 25.0 Å². The SMILES string of the molecule is NC1CCCc2c1c(C1CC1)nn2CCC(=O)O. The third-order valence-electron chi connectivity index (χ3n) is 3.93. The number of aryl methyl sites for hydroxylation is 1. The molecule has 1 heterocycles. The lowest BCUT2D eigenvalue weighted by molar-refractivity contribution is -0.137. The average Bonchev–Trinajstić information content (AvgIpc) is 3.09. The molecule has 18 heavy (non-hydrogen) atoms. The summed E-state index contributed by atoms with van der Waals surface area (Å²) in [6.07, 6.45) is 5.63. The third-order valence-corrected chi connectivity index (χ3v) is 3.93. The molecule has 0 aliphatic heterocycles. The molecule has 2 aliphatic rings. The first-order chi connectivity index (χ1) is 8.66. The largest absolute Gasteiger partial charge is 0.481 e. The number of nitrogens with two attached hydrogens (primary N) is 1. The standard InChI is InChI=1S/C13H19N3O2/c14-9-2-1-3-10-12(9)13(8-4-5-8)15-16(10)7-6-11(17)18/h8-9H,1-7,14H2,(H,17,18). The molecule has 98 valence electrons. The molecule has 3 N–H and O–H groups in total. The molecule has 0 aromatic carbocycles. The van der Waals surface area contributed by atoms with E-state index in [1.54, 1.807) is 0 Å². The smallest absolute Gasteiger partial charge is 0.305 e. The molecule has 1 unspecified atom stereocenters. The van der Waals surface area contributed by atoms with Crippen molar-refractivity contribution in [1.29, 1.82) is 0 Å². The fourth-order valence-electron chi connectivity index (χ4n) is 2.88. The lowest BCUT2D eigenvalue weighted by Crippen LogP contribution is -2.19. The second-order valence-corrected chi connectivity index (χ2v) is 5.39. The number of fused-ring (bicyclic) bond motifs is 1. The van der Waals surface area contributed by atoms with Crippen molar-refractivity contribution >= 4 is 5.97 Å². The maximum absolute atomic E-state index is 10.7. The van der Waals surface area contributed by atoms with E-state index < -0.39 is 5.97 Å². The molecule has 1 atom stereocenters. The van der Waals surface area contributed by atoms with E-state index in [1.165, 1.54) is 24.1 Å². The summed E-state index contributed by atoms with van der Waals surface area (Å²) in [4.78, 5) is 10.7. The van der Waals surface area contributed by atoms with Crippen molar-refractivity contribution in [2.75, 3.05) is 0 Å². The summed E-state index contributed by atoms with van der Waals surface area (Å²) in [6, 6.07) is 0.0999. The highest BCUT2D eigenvalue weighted by Gasteiger charge is 2.34. The first kappa shape index (κ1) is 11.7. The molecular weight excluding hydrogens is 230 g/mol. The van der Waals surface area contributed by atoms with Crippen LogP contribution >= 0.6 is 0 Å². The number of rotatable bonds is 4. The summed E-state index contributed by atoms with van der Waals surface area (Å²) >= 11 is 0. The van der Waals surface area contributed by atoms with Gasteiger partial charge in [0.05, 0.1) is 18.7 Å². The Morgan fingerprint density at radius 1 is 1.44 bits per heavy atom. The number of carboxylic acids is 1. The van der Waals surface area contributed by atoms with Gasteiger partial charge in [0, 0.05) is 23.2 Å². The Kier molecular flexibility index (Phi) is 2.86.